The molecule has 1 fully saturated rings. The summed E-state index contributed by atoms with van der Waals surface area (Å²) in [5.41, 5.74) is 2.51. The Kier molecular flexibility index (Phi) is 3.85. The molecule has 2 atom stereocenters. The van der Waals surface area contributed by atoms with Gasteiger partial charge >= 0.3 is 5.97 Å². The van der Waals surface area contributed by atoms with Gasteiger partial charge in [-0.2, -0.15) is 0 Å². The molecule has 2 aromatic rings. The lowest BCUT2D eigenvalue weighted by Gasteiger charge is -2.11. The van der Waals surface area contributed by atoms with Gasteiger partial charge in [0.15, 0.2) is 0 Å². The van der Waals surface area contributed by atoms with Gasteiger partial charge in [0.1, 0.15) is 11.7 Å². The zero-order valence-corrected chi connectivity index (χ0v) is 12.3. The Balaban J connectivity index is 1.79. The molecule has 3 rings (SSSR count). The molecule has 6 nitrogen and oxygen atoms in total. The van der Waals surface area contributed by atoms with E-state index in [0.717, 1.165) is 22.9 Å². The number of rotatable bonds is 4. The molecule has 22 heavy (non-hydrogen) atoms. The average Bonchev–Trinajstić information content (AvgIpc) is 3.10. The standard InChI is InChI=1S/C16H19N3O3/c1-2-10-11-5-3-4-6-12(11)19-14(10)15(20)18-9-7-13(16(21)22)17-8-9/h3-6,9,13,17,19H,2,7-8H2,1H3,(H,18,20)(H,21,22)/t9-,13-/m0/s1. The number of carbonyl (C=O) groups is 2. The molecule has 0 spiro atoms. The highest BCUT2D eigenvalue weighted by Crippen LogP contribution is 2.23. The molecule has 2 heterocycles. The Hall–Kier alpha value is -2.34. The van der Waals surface area contributed by atoms with Crippen LogP contribution < -0.4 is 10.6 Å². The number of carboxylic acid groups (broad SMARTS) is 1. The SMILES string of the molecule is CCc1c(C(=O)N[C@@H]2CN[C@H](C(=O)O)C2)[nH]c2ccccc12. The van der Waals surface area contributed by atoms with Crippen LogP contribution in [0.4, 0.5) is 0 Å². The summed E-state index contributed by atoms with van der Waals surface area (Å²) in [6.45, 7) is 2.49. The summed E-state index contributed by atoms with van der Waals surface area (Å²) in [7, 11) is 0. The maximum atomic E-state index is 12.5. The predicted molar refractivity (Wildman–Crippen MR) is 83.0 cm³/mol. The summed E-state index contributed by atoms with van der Waals surface area (Å²) in [6.07, 6.45) is 1.16. The largest absolute Gasteiger partial charge is 0.480 e. The number of carboxylic acids is 1. The molecule has 0 radical (unpaired) electrons. The molecule has 0 aliphatic carbocycles. The second kappa shape index (κ2) is 5.81. The molecular weight excluding hydrogens is 282 g/mol. The minimum absolute atomic E-state index is 0.162. The second-order valence-corrected chi connectivity index (χ2v) is 5.58. The van der Waals surface area contributed by atoms with Crippen molar-refractivity contribution in [2.75, 3.05) is 6.54 Å². The third-order valence-electron chi connectivity index (χ3n) is 4.16. The number of aryl methyl sites for hydroxylation is 1. The number of carbonyl (C=O) groups excluding carboxylic acids is 1. The van der Waals surface area contributed by atoms with E-state index in [2.05, 4.69) is 15.6 Å². The van der Waals surface area contributed by atoms with E-state index in [0.29, 0.717) is 18.7 Å². The second-order valence-electron chi connectivity index (χ2n) is 5.58. The van der Waals surface area contributed by atoms with Crippen LogP contribution in [0.2, 0.25) is 0 Å². The van der Waals surface area contributed by atoms with Gasteiger partial charge in [-0.05, 0) is 24.5 Å². The lowest BCUT2D eigenvalue weighted by atomic mass is 10.1. The predicted octanol–water partition coefficient (Wildman–Crippen LogP) is 1.28. The topological polar surface area (TPSA) is 94.2 Å². The molecule has 1 aliphatic heterocycles. The Morgan fingerprint density at radius 2 is 2.14 bits per heavy atom. The highest BCUT2D eigenvalue weighted by Gasteiger charge is 2.30. The number of benzene rings is 1. The Morgan fingerprint density at radius 1 is 1.36 bits per heavy atom. The summed E-state index contributed by atoms with van der Waals surface area (Å²) >= 11 is 0. The van der Waals surface area contributed by atoms with Gasteiger partial charge in [-0.3, -0.25) is 9.59 Å². The number of H-pyrrole nitrogens is 1. The quantitative estimate of drug-likeness (QED) is 0.684. The number of hydrogen-bond donors (Lipinski definition) is 4. The fourth-order valence-corrected chi connectivity index (χ4v) is 3.05. The fourth-order valence-electron chi connectivity index (χ4n) is 3.05. The van der Waals surface area contributed by atoms with Crippen LogP contribution in [0, 0.1) is 0 Å². The van der Waals surface area contributed by atoms with Crippen molar-refractivity contribution < 1.29 is 14.7 Å². The minimum atomic E-state index is -0.878. The number of fused-ring (bicyclic) bond motifs is 1. The normalized spacial score (nSPS) is 21.1. The number of aliphatic carboxylic acids is 1. The molecule has 116 valence electrons. The molecule has 1 amide bonds. The van der Waals surface area contributed by atoms with E-state index in [-0.39, 0.29) is 11.9 Å². The third-order valence-corrected chi connectivity index (χ3v) is 4.16. The number of para-hydroxylation sites is 1. The van der Waals surface area contributed by atoms with Gasteiger partial charge in [0.2, 0.25) is 0 Å². The summed E-state index contributed by atoms with van der Waals surface area (Å²) in [5.74, 6) is -1.05. The van der Waals surface area contributed by atoms with Crippen LogP contribution in [0.5, 0.6) is 0 Å². The average molecular weight is 301 g/mol. The van der Waals surface area contributed by atoms with Crippen LogP contribution in [0.15, 0.2) is 24.3 Å². The van der Waals surface area contributed by atoms with Gasteiger partial charge in [-0.1, -0.05) is 25.1 Å². The molecule has 1 aromatic carbocycles. The van der Waals surface area contributed by atoms with E-state index in [4.69, 9.17) is 5.11 Å². The van der Waals surface area contributed by atoms with Gasteiger partial charge in [-0.25, -0.2) is 0 Å². The van der Waals surface area contributed by atoms with Crippen LogP contribution >= 0.6 is 0 Å². The number of nitrogens with one attached hydrogen (secondary N) is 3. The molecule has 4 N–H and O–H groups in total. The van der Waals surface area contributed by atoms with Crippen LogP contribution in [0.25, 0.3) is 10.9 Å². The first-order chi connectivity index (χ1) is 10.6. The minimum Gasteiger partial charge on any atom is -0.480 e. The zero-order valence-electron chi connectivity index (χ0n) is 12.3. The molecule has 1 saturated heterocycles. The van der Waals surface area contributed by atoms with Gasteiger partial charge < -0.3 is 20.7 Å². The van der Waals surface area contributed by atoms with Crippen molar-refractivity contribution >= 4 is 22.8 Å². The first-order valence-electron chi connectivity index (χ1n) is 7.46. The molecule has 6 heteroatoms. The Bertz CT molecular complexity index is 722. The van der Waals surface area contributed by atoms with Crippen molar-refractivity contribution in [3.8, 4) is 0 Å². The molecule has 0 bridgehead atoms. The number of hydrogen-bond acceptors (Lipinski definition) is 3. The molecule has 1 aliphatic rings. The fraction of sp³-hybridized carbons (Fsp3) is 0.375. The summed E-state index contributed by atoms with van der Waals surface area (Å²) in [5, 5.41) is 15.9. The molecule has 0 saturated carbocycles. The number of aromatic amines is 1. The molecular formula is C16H19N3O3. The van der Waals surface area contributed by atoms with Crippen LogP contribution in [-0.4, -0.2) is 40.6 Å². The van der Waals surface area contributed by atoms with Crippen LogP contribution in [0.1, 0.15) is 29.4 Å². The number of aromatic nitrogens is 1. The van der Waals surface area contributed by atoms with Gasteiger partial charge in [0.25, 0.3) is 5.91 Å². The van der Waals surface area contributed by atoms with Crippen LogP contribution in [0.3, 0.4) is 0 Å². The van der Waals surface area contributed by atoms with E-state index in [1.807, 2.05) is 31.2 Å². The monoisotopic (exact) mass is 301 g/mol. The van der Waals surface area contributed by atoms with E-state index >= 15 is 0 Å². The summed E-state index contributed by atoms with van der Waals surface area (Å²) in [6, 6.07) is 7.08. The van der Waals surface area contributed by atoms with Crippen molar-refractivity contribution in [2.45, 2.75) is 31.8 Å². The van der Waals surface area contributed by atoms with Gasteiger partial charge in [0, 0.05) is 23.5 Å². The molecule has 0 unspecified atom stereocenters. The lowest BCUT2D eigenvalue weighted by molar-refractivity contribution is -0.139. The molecule has 1 aromatic heterocycles. The van der Waals surface area contributed by atoms with Crippen molar-refractivity contribution in [1.29, 1.82) is 0 Å². The van der Waals surface area contributed by atoms with Gasteiger partial charge in [0.05, 0.1) is 0 Å². The van der Waals surface area contributed by atoms with Crippen molar-refractivity contribution in [3.63, 3.8) is 0 Å². The lowest BCUT2D eigenvalue weighted by Crippen LogP contribution is -2.36. The summed E-state index contributed by atoms with van der Waals surface area (Å²) < 4.78 is 0. The highest BCUT2D eigenvalue weighted by molar-refractivity contribution is 6.01. The van der Waals surface area contributed by atoms with Crippen LogP contribution in [-0.2, 0) is 11.2 Å². The maximum absolute atomic E-state index is 12.5. The maximum Gasteiger partial charge on any atom is 0.320 e. The Labute approximate surface area is 127 Å². The van der Waals surface area contributed by atoms with Crippen molar-refractivity contribution in [2.24, 2.45) is 0 Å². The van der Waals surface area contributed by atoms with E-state index in [9.17, 15) is 9.59 Å². The van der Waals surface area contributed by atoms with E-state index in [1.54, 1.807) is 0 Å². The van der Waals surface area contributed by atoms with Crippen molar-refractivity contribution in [1.82, 2.24) is 15.6 Å². The summed E-state index contributed by atoms with van der Waals surface area (Å²) in [4.78, 5) is 26.6. The smallest absolute Gasteiger partial charge is 0.320 e. The third kappa shape index (κ3) is 2.57. The number of amides is 1. The first-order valence-corrected chi connectivity index (χ1v) is 7.46. The highest BCUT2D eigenvalue weighted by atomic mass is 16.4. The zero-order chi connectivity index (χ0) is 15.7. The van der Waals surface area contributed by atoms with Gasteiger partial charge in [-0.15, -0.1) is 0 Å². The first kappa shape index (κ1) is 14.6. The Morgan fingerprint density at radius 3 is 2.82 bits per heavy atom. The van der Waals surface area contributed by atoms with E-state index < -0.39 is 12.0 Å². The van der Waals surface area contributed by atoms with Crippen molar-refractivity contribution in [3.05, 3.63) is 35.5 Å². The van der Waals surface area contributed by atoms with E-state index in [1.165, 1.54) is 0 Å².